The average molecular weight is 280 g/mol. The van der Waals surface area contributed by atoms with Gasteiger partial charge < -0.3 is 9.47 Å². The maximum absolute atomic E-state index is 12.5. The Hall–Kier alpha value is -1.06. The Bertz CT molecular complexity index is 378. The molecule has 20 heavy (non-hydrogen) atoms. The van der Waals surface area contributed by atoms with E-state index in [4.69, 9.17) is 9.47 Å². The Morgan fingerprint density at radius 2 is 1.50 bits per heavy atom. The predicted molar refractivity (Wildman–Crippen MR) is 72.9 cm³/mol. The second-order valence-corrected chi connectivity index (χ2v) is 6.58. The molecular formula is C16H24O4. The van der Waals surface area contributed by atoms with Crippen LogP contribution in [0.1, 0.15) is 64.2 Å². The van der Waals surface area contributed by atoms with Crippen LogP contribution >= 0.6 is 0 Å². The Morgan fingerprint density at radius 3 is 2.20 bits per heavy atom. The topological polar surface area (TPSA) is 52.6 Å². The molecule has 1 heterocycles. The predicted octanol–water partition coefficient (Wildman–Crippen LogP) is 2.99. The fraction of sp³-hybridized carbons (Fsp3) is 0.875. The standard InChI is InChI=1S/C16H24O4/c17-14-16(9-5-2-6-10-16)15(18)20-13(11-19-14)12-7-3-1-4-8-12/h12-13H,1-11H2. The van der Waals surface area contributed by atoms with Crippen LogP contribution in [0.5, 0.6) is 0 Å². The van der Waals surface area contributed by atoms with E-state index >= 15 is 0 Å². The van der Waals surface area contributed by atoms with Crippen molar-refractivity contribution < 1.29 is 19.1 Å². The summed E-state index contributed by atoms with van der Waals surface area (Å²) in [6.07, 6.45) is 9.73. The summed E-state index contributed by atoms with van der Waals surface area (Å²) in [5.74, 6) is -0.268. The third-order valence-electron chi connectivity index (χ3n) is 5.30. The van der Waals surface area contributed by atoms with E-state index in [1.165, 1.54) is 19.3 Å². The zero-order valence-corrected chi connectivity index (χ0v) is 12.1. The highest BCUT2D eigenvalue weighted by Crippen LogP contribution is 2.41. The number of carbonyl (C=O) groups is 2. The van der Waals surface area contributed by atoms with Crippen molar-refractivity contribution >= 4 is 11.9 Å². The lowest BCUT2D eigenvalue weighted by atomic mass is 9.74. The molecule has 1 saturated heterocycles. The van der Waals surface area contributed by atoms with Gasteiger partial charge in [0.05, 0.1) is 0 Å². The monoisotopic (exact) mass is 280 g/mol. The van der Waals surface area contributed by atoms with E-state index in [1.54, 1.807) is 0 Å². The quantitative estimate of drug-likeness (QED) is 0.547. The molecule has 1 unspecified atom stereocenters. The molecule has 0 amide bonds. The summed E-state index contributed by atoms with van der Waals surface area (Å²) in [5.41, 5.74) is -0.984. The van der Waals surface area contributed by atoms with Gasteiger partial charge in [0.2, 0.25) is 0 Å². The summed E-state index contributed by atoms with van der Waals surface area (Å²) in [4.78, 5) is 24.8. The molecule has 0 aromatic carbocycles. The van der Waals surface area contributed by atoms with Crippen LogP contribution in [0.3, 0.4) is 0 Å². The van der Waals surface area contributed by atoms with Crippen LogP contribution in [0.2, 0.25) is 0 Å². The molecule has 0 aromatic heterocycles. The normalized spacial score (nSPS) is 31.5. The van der Waals surface area contributed by atoms with Crippen molar-refractivity contribution in [3.63, 3.8) is 0 Å². The number of carbonyl (C=O) groups excluding carboxylic acids is 2. The largest absolute Gasteiger partial charge is 0.461 e. The van der Waals surface area contributed by atoms with E-state index in [9.17, 15) is 9.59 Å². The fourth-order valence-electron chi connectivity index (χ4n) is 3.97. The molecule has 4 heteroatoms. The second kappa shape index (κ2) is 5.74. The maximum Gasteiger partial charge on any atom is 0.323 e. The number of cyclic esters (lactones) is 2. The van der Waals surface area contributed by atoms with Gasteiger partial charge in [-0.1, -0.05) is 38.5 Å². The summed E-state index contributed by atoms with van der Waals surface area (Å²) in [6, 6.07) is 0. The maximum atomic E-state index is 12.5. The van der Waals surface area contributed by atoms with E-state index in [1.807, 2.05) is 0 Å². The Balaban J connectivity index is 1.74. The van der Waals surface area contributed by atoms with Gasteiger partial charge in [-0.05, 0) is 31.6 Å². The van der Waals surface area contributed by atoms with Crippen LogP contribution < -0.4 is 0 Å². The van der Waals surface area contributed by atoms with Crippen LogP contribution in [-0.2, 0) is 19.1 Å². The van der Waals surface area contributed by atoms with Crippen LogP contribution in [0.25, 0.3) is 0 Å². The van der Waals surface area contributed by atoms with Gasteiger partial charge in [-0.3, -0.25) is 9.59 Å². The minimum atomic E-state index is -0.984. The molecule has 3 fully saturated rings. The van der Waals surface area contributed by atoms with Gasteiger partial charge in [-0.25, -0.2) is 0 Å². The molecule has 1 spiro atoms. The fourth-order valence-corrected chi connectivity index (χ4v) is 3.97. The van der Waals surface area contributed by atoms with Crippen molar-refractivity contribution in [1.29, 1.82) is 0 Å². The molecule has 3 rings (SSSR count). The lowest BCUT2D eigenvalue weighted by Crippen LogP contribution is -2.42. The lowest BCUT2D eigenvalue weighted by Gasteiger charge is -2.31. The van der Waals surface area contributed by atoms with Gasteiger partial charge in [0.1, 0.15) is 12.7 Å². The second-order valence-electron chi connectivity index (χ2n) is 6.58. The Kier molecular flexibility index (Phi) is 3.99. The highest BCUT2D eigenvalue weighted by molar-refractivity contribution is 6.00. The number of esters is 2. The Labute approximate surface area is 120 Å². The molecular weight excluding hydrogens is 256 g/mol. The minimum absolute atomic E-state index is 0.215. The lowest BCUT2D eigenvalue weighted by molar-refractivity contribution is -0.169. The number of rotatable bonds is 1. The Morgan fingerprint density at radius 1 is 0.850 bits per heavy atom. The molecule has 0 radical (unpaired) electrons. The molecule has 3 aliphatic rings. The summed E-state index contributed by atoms with van der Waals surface area (Å²) in [6.45, 7) is 0.261. The summed E-state index contributed by atoms with van der Waals surface area (Å²) in [7, 11) is 0. The molecule has 0 bridgehead atoms. The average Bonchev–Trinajstić information content (AvgIpc) is 2.62. The highest BCUT2D eigenvalue weighted by atomic mass is 16.6. The smallest absolute Gasteiger partial charge is 0.323 e. The third-order valence-corrected chi connectivity index (χ3v) is 5.30. The zero-order valence-electron chi connectivity index (χ0n) is 12.1. The zero-order chi connectivity index (χ0) is 14.0. The van der Waals surface area contributed by atoms with Crippen molar-refractivity contribution in [2.75, 3.05) is 6.61 Å². The molecule has 1 aliphatic heterocycles. The van der Waals surface area contributed by atoms with E-state index in [0.29, 0.717) is 18.8 Å². The van der Waals surface area contributed by atoms with Crippen molar-refractivity contribution in [2.45, 2.75) is 70.3 Å². The molecule has 112 valence electrons. The van der Waals surface area contributed by atoms with Crippen molar-refractivity contribution in [1.82, 2.24) is 0 Å². The van der Waals surface area contributed by atoms with Crippen LogP contribution in [-0.4, -0.2) is 24.6 Å². The summed E-state index contributed by atoms with van der Waals surface area (Å²) >= 11 is 0. The first kappa shape index (κ1) is 13.9. The number of hydrogen-bond donors (Lipinski definition) is 0. The van der Waals surface area contributed by atoms with Crippen molar-refractivity contribution in [2.24, 2.45) is 11.3 Å². The highest BCUT2D eigenvalue weighted by Gasteiger charge is 2.52. The number of hydrogen-bond acceptors (Lipinski definition) is 4. The van der Waals surface area contributed by atoms with Crippen LogP contribution in [0.4, 0.5) is 0 Å². The molecule has 0 N–H and O–H groups in total. The molecule has 0 aromatic rings. The third kappa shape index (κ3) is 2.45. The minimum Gasteiger partial charge on any atom is -0.461 e. The van der Waals surface area contributed by atoms with E-state index < -0.39 is 5.41 Å². The van der Waals surface area contributed by atoms with Gasteiger partial charge >= 0.3 is 11.9 Å². The van der Waals surface area contributed by atoms with Crippen LogP contribution in [0, 0.1) is 11.3 Å². The first-order valence-electron chi connectivity index (χ1n) is 8.11. The van der Waals surface area contributed by atoms with Crippen LogP contribution in [0.15, 0.2) is 0 Å². The first-order valence-corrected chi connectivity index (χ1v) is 8.11. The van der Waals surface area contributed by atoms with E-state index in [2.05, 4.69) is 0 Å². The van der Waals surface area contributed by atoms with Gasteiger partial charge in [0.15, 0.2) is 5.41 Å². The molecule has 4 nitrogen and oxygen atoms in total. The first-order chi connectivity index (χ1) is 9.72. The number of ether oxygens (including phenoxy) is 2. The van der Waals surface area contributed by atoms with E-state index in [-0.39, 0.29) is 24.6 Å². The van der Waals surface area contributed by atoms with Gasteiger partial charge in [-0.15, -0.1) is 0 Å². The molecule has 2 aliphatic carbocycles. The summed E-state index contributed by atoms with van der Waals surface area (Å²) < 4.78 is 11.2. The van der Waals surface area contributed by atoms with Crippen molar-refractivity contribution in [3.8, 4) is 0 Å². The SMILES string of the molecule is O=C1OCC(C2CCCCC2)OC(=O)C12CCCCC2. The summed E-state index contributed by atoms with van der Waals surface area (Å²) in [5, 5.41) is 0. The van der Waals surface area contributed by atoms with Crippen molar-refractivity contribution in [3.05, 3.63) is 0 Å². The molecule has 2 saturated carbocycles. The molecule has 1 atom stereocenters. The van der Waals surface area contributed by atoms with E-state index in [0.717, 1.165) is 32.1 Å². The van der Waals surface area contributed by atoms with Gasteiger partial charge in [0.25, 0.3) is 0 Å². The van der Waals surface area contributed by atoms with Gasteiger partial charge in [0, 0.05) is 0 Å². The van der Waals surface area contributed by atoms with Gasteiger partial charge in [-0.2, -0.15) is 0 Å².